The lowest BCUT2D eigenvalue weighted by molar-refractivity contribution is -0.173. The minimum absolute atomic E-state index is 0.0735. The number of halogens is 5. The molecular weight excluding hydrogens is 429 g/mol. The van der Waals surface area contributed by atoms with Crippen LogP contribution in [-0.2, 0) is 11.3 Å². The number of carboxylic acids is 1. The molecule has 2 heterocycles. The first-order valence-electron chi connectivity index (χ1n) is 9.37. The van der Waals surface area contributed by atoms with Gasteiger partial charge in [0.2, 0.25) is 5.43 Å². The van der Waals surface area contributed by atoms with E-state index >= 15 is 4.39 Å². The summed E-state index contributed by atoms with van der Waals surface area (Å²) in [6.45, 7) is 1.29. The summed E-state index contributed by atoms with van der Waals surface area (Å²) in [5.41, 5.74) is -2.54. The third kappa shape index (κ3) is 4.06. The Morgan fingerprint density at radius 2 is 1.97 bits per heavy atom. The first kappa shape index (κ1) is 22.5. The fourth-order valence-electron chi connectivity index (χ4n) is 3.79. The number of hydrogen-bond donors (Lipinski definition) is 2. The minimum Gasteiger partial charge on any atom is -0.477 e. The highest BCUT2D eigenvalue weighted by Gasteiger charge is 2.39. The highest BCUT2D eigenvalue weighted by atomic mass is 19.4. The lowest BCUT2D eigenvalue weighted by Gasteiger charge is -2.28. The Morgan fingerprint density at radius 3 is 2.55 bits per heavy atom. The van der Waals surface area contributed by atoms with Gasteiger partial charge in [-0.2, -0.15) is 13.2 Å². The summed E-state index contributed by atoms with van der Waals surface area (Å²) in [5.74, 6) is -5.97. The SMILES string of the molecule is CCn1cc(C(=O)O)c(=O)c2cc(F)c(N3CCCC3CNC(=O)C(F)(F)F)c(F)c21. The van der Waals surface area contributed by atoms with Gasteiger partial charge in [0.25, 0.3) is 0 Å². The molecule has 1 aliphatic heterocycles. The predicted molar refractivity (Wildman–Crippen MR) is 100 cm³/mol. The third-order valence-electron chi connectivity index (χ3n) is 5.22. The number of aryl methyl sites for hydroxylation is 1. The summed E-state index contributed by atoms with van der Waals surface area (Å²) in [7, 11) is 0. The summed E-state index contributed by atoms with van der Waals surface area (Å²) in [5, 5.41) is 10.4. The molecule has 3 rings (SSSR count). The number of nitrogens with one attached hydrogen (secondary N) is 1. The van der Waals surface area contributed by atoms with Crippen LogP contribution in [0.2, 0.25) is 0 Å². The minimum atomic E-state index is -5.08. The van der Waals surface area contributed by atoms with E-state index in [-0.39, 0.29) is 25.0 Å². The summed E-state index contributed by atoms with van der Waals surface area (Å²) >= 11 is 0. The van der Waals surface area contributed by atoms with Crippen molar-refractivity contribution in [3.05, 3.63) is 39.7 Å². The summed E-state index contributed by atoms with van der Waals surface area (Å²) in [6.07, 6.45) is -3.42. The van der Waals surface area contributed by atoms with E-state index in [2.05, 4.69) is 0 Å². The number of pyridine rings is 1. The molecule has 1 amide bonds. The molecule has 1 atom stereocenters. The van der Waals surface area contributed by atoms with Gasteiger partial charge in [-0.1, -0.05) is 0 Å². The monoisotopic (exact) mass is 447 g/mol. The predicted octanol–water partition coefficient (Wildman–Crippen LogP) is 2.65. The first-order valence-corrected chi connectivity index (χ1v) is 9.37. The molecule has 1 aromatic carbocycles. The van der Waals surface area contributed by atoms with Gasteiger partial charge in [0.05, 0.1) is 10.9 Å². The Balaban J connectivity index is 2.08. The van der Waals surface area contributed by atoms with Crippen molar-refractivity contribution in [3.8, 4) is 0 Å². The number of nitrogens with zero attached hydrogens (tertiary/aromatic N) is 2. The van der Waals surface area contributed by atoms with Crippen LogP contribution in [0.3, 0.4) is 0 Å². The number of hydrogen-bond acceptors (Lipinski definition) is 4. The second-order valence-corrected chi connectivity index (χ2v) is 7.08. The average Bonchev–Trinajstić information content (AvgIpc) is 3.13. The van der Waals surface area contributed by atoms with Crippen molar-refractivity contribution in [3.63, 3.8) is 0 Å². The van der Waals surface area contributed by atoms with Crippen molar-refractivity contribution < 1.29 is 36.6 Å². The van der Waals surface area contributed by atoms with Crippen LogP contribution in [0.5, 0.6) is 0 Å². The number of carbonyl (C=O) groups excluding carboxylic acids is 1. The number of carbonyl (C=O) groups is 2. The zero-order chi connectivity index (χ0) is 23.1. The van der Waals surface area contributed by atoms with Gasteiger partial charge in [0, 0.05) is 31.9 Å². The Bertz CT molecular complexity index is 1110. The molecule has 1 aliphatic rings. The van der Waals surface area contributed by atoms with E-state index in [0.717, 1.165) is 16.8 Å². The number of carboxylic acid groups (broad SMARTS) is 1. The normalized spacial score (nSPS) is 16.7. The quantitative estimate of drug-likeness (QED) is 0.688. The van der Waals surface area contributed by atoms with Crippen LogP contribution in [0, 0.1) is 11.6 Å². The van der Waals surface area contributed by atoms with Crippen LogP contribution in [0.15, 0.2) is 17.1 Å². The van der Waals surface area contributed by atoms with Crippen LogP contribution in [0.1, 0.15) is 30.1 Å². The average molecular weight is 447 g/mol. The molecule has 168 valence electrons. The molecule has 0 saturated carbocycles. The van der Waals surface area contributed by atoms with E-state index in [1.165, 1.54) is 4.90 Å². The Labute approximate surface area is 172 Å². The number of fused-ring (bicyclic) bond motifs is 1. The van der Waals surface area contributed by atoms with Crippen molar-refractivity contribution in [2.45, 2.75) is 38.5 Å². The standard InChI is InChI=1S/C19H18F5N3O4/c1-2-26-8-11(17(29)30)16(28)10-6-12(20)15(13(21)14(10)26)27-5-3-4-9(27)7-25-18(31)19(22,23)24/h6,8-9H,2-5,7H2,1H3,(H,25,31)(H,29,30). The van der Waals surface area contributed by atoms with Gasteiger partial charge in [-0.15, -0.1) is 0 Å². The van der Waals surface area contributed by atoms with Crippen LogP contribution in [0.25, 0.3) is 10.9 Å². The lowest BCUT2D eigenvalue weighted by atomic mass is 10.1. The Kier molecular flexibility index (Phi) is 5.92. The van der Waals surface area contributed by atoms with Crippen LogP contribution < -0.4 is 15.6 Å². The number of anilines is 1. The Morgan fingerprint density at radius 1 is 1.29 bits per heavy atom. The fourth-order valence-corrected chi connectivity index (χ4v) is 3.79. The van der Waals surface area contributed by atoms with Crippen LogP contribution in [-0.4, -0.2) is 46.9 Å². The maximum Gasteiger partial charge on any atom is 0.471 e. The van der Waals surface area contributed by atoms with Gasteiger partial charge >= 0.3 is 18.1 Å². The summed E-state index contributed by atoms with van der Waals surface area (Å²) < 4.78 is 68.8. The fraction of sp³-hybridized carbons (Fsp3) is 0.421. The van der Waals surface area contributed by atoms with Gasteiger partial charge < -0.3 is 19.9 Å². The molecule has 1 aromatic heterocycles. The number of aromatic carboxylic acids is 1. The molecular formula is C19H18F5N3O4. The van der Waals surface area contributed by atoms with Crippen molar-refractivity contribution in [2.24, 2.45) is 0 Å². The van der Waals surface area contributed by atoms with E-state index in [4.69, 9.17) is 0 Å². The molecule has 0 bridgehead atoms. The molecule has 12 heteroatoms. The van der Waals surface area contributed by atoms with E-state index in [0.29, 0.717) is 6.42 Å². The molecule has 0 spiro atoms. The van der Waals surface area contributed by atoms with E-state index in [1.807, 2.05) is 0 Å². The van der Waals surface area contributed by atoms with E-state index < -0.39 is 64.3 Å². The first-order chi connectivity index (χ1) is 14.5. The molecule has 1 unspecified atom stereocenters. The third-order valence-corrected chi connectivity index (χ3v) is 5.22. The zero-order valence-electron chi connectivity index (χ0n) is 16.2. The van der Waals surface area contributed by atoms with Crippen molar-refractivity contribution in [1.29, 1.82) is 0 Å². The van der Waals surface area contributed by atoms with Gasteiger partial charge in [-0.3, -0.25) is 9.59 Å². The highest BCUT2D eigenvalue weighted by Crippen LogP contribution is 2.34. The van der Waals surface area contributed by atoms with Crippen LogP contribution in [0.4, 0.5) is 27.6 Å². The van der Waals surface area contributed by atoms with Crippen molar-refractivity contribution >= 4 is 28.5 Å². The number of benzene rings is 1. The molecule has 2 aromatic rings. The van der Waals surface area contributed by atoms with Crippen molar-refractivity contribution in [1.82, 2.24) is 9.88 Å². The lowest BCUT2D eigenvalue weighted by Crippen LogP contribution is -2.45. The number of amides is 1. The molecule has 31 heavy (non-hydrogen) atoms. The largest absolute Gasteiger partial charge is 0.477 e. The summed E-state index contributed by atoms with van der Waals surface area (Å²) in [6, 6.07) is -0.0638. The smallest absolute Gasteiger partial charge is 0.471 e. The molecule has 1 saturated heterocycles. The number of alkyl halides is 3. The van der Waals surface area contributed by atoms with E-state index in [9.17, 15) is 37.1 Å². The topological polar surface area (TPSA) is 91.6 Å². The highest BCUT2D eigenvalue weighted by molar-refractivity contribution is 5.94. The second kappa shape index (κ2) is 8.16. The molecule has 7 nitrogen and oxygen atoms in total. The zero-order valence-corrected chi connectivity index (χ0v) is 16.2. The van der Waals surface area contributed by atoms with Gasteiger partial charge in [0.15, 0.2) is 5.82 Å². The Hall–Kier alpha value is -3.18. The van der Waals surface area contributed by atoms with Crippen molar-refractivity contribution in [2.75, 3.05) is 18.0 Å². The maximum absolute atomic E-state index is 15.4. The molecule has 0 aliphatic carbocycles. The maximum atomic E-state index is 15.4. The molecule has 1 fully saturated rings. The number of rotatable bonds is 5. The van der Waals surface area contributed by atoms with Gasteiger partial charge in [-0.05, 0) is 25.8 Å². The second-order valence-electron chi connectivity index (χ2n) is 7.08. The van der Waals surface area contributed by atoms with E-state index in [1.54, 1.807) is 12.2 Å². The van der Waals surface area contributed by atoms with Gasteiger partial charge in [0.1, 0.15) is 17.1 Å². The molecule has 0 radical (unpaired) electrons. The summed E-state index contributed by atoms with van der Waals surface area (Å²) in [4.78, 5) is 36.0. The van der Waals surface area contributed by atoms with Gasteiger partial charge in [-0.25, -0.2) is 13.6 Å². The van der Waals surface area contributed by atoms with Crippen LogP contribution >= 0.6 is 0 Å². The molecule has 2 N–H and O–H groups in total. The number of aromatic nitrogens is 1.